The normalized spacial score (nSPS) is 14.1. The number of alkyl halides is 3. The van der Waals surface area contributed by atoms with Crippen molar-refractivity contribution in [2.24, 2.45) is 10.8 Å². The van der Waals surface area contributed by atoms with Gasteiger partial charge in [-0.15, -0.1) is 0 Å². The molecule has 424 valence electrons. The van der Waals surface area contributed by atoms with Gasteiger partial charge in [0.1, 0.15) is 29.3 Å². The lowest BCUT2D eigenvalue weighted by Gasteiger charge is -2.28. The molecule has 24 heteroatoms. The number of benzene rings is 2. The minimum atomic E-state index is -4.64. The number of aromatic nitrogens is 8. The fourth-order valence-electron chi connectivity index (χ4n) is 8.06. The third-order valence-electron chi connectivity index (χ3n) is 11.5. The van der Waals surface area contributed by atoms with Gasteiger partial charge in [0.05, 0.1) is 17.9 Å². The van der Waals surface area contributed by atoms with Gasteiger partial charge in [0.2, 0.25) is 18.1 Å². The average molecular weight is 1120 g/mol. The fraction of sp³-hybridized carbons (Fsp3) is 0.509. The van der Waals surface area contributed by atoms with E-state index in [1.54, 1.807) is 18.7 Å². The number of ether oxygens (including phenoxy) is 1. The molecule has 0 saturated heterocycles. The lowest BCUT2D eigenvalue weighted by Crippen LogP contribution is -2.39. The van der Waals surface area contributed by atoms with E-state index in [9.17, 15) is 27.6 Å². The van der Waals surface area contributed by atoms with E-state index in [1.165, 1.54) is 0 Å². The van der Waals surface area contributed by atoms with Crippen LogP contribution >= 0.6 is 27.0 Å². The molecule has 2 atom stereocenters. The van der Waals surface area contributed by atoms with Crippen LogP contribution in [-0.4, -0.2) is 93.3 Å². The Kier molecular flexibility index (Phi) is 23.9. The van der Waals surface area contributed by atoms with Gasteiger partial charge >= 0.3 is 12.3 Å². The van der Waals surface area contributed by atoms with Crippen LogP contribution in [0.5, 0.6) is 0 Å². The van der Waals surface area contributed by atoms with Crippen LogP contribution < -0.4 is 16.0 Å². The van der Waals surface area contributed by atoms with Gasteiger partial charge in [-0.2, -0.15) is 50.1 Å². The highest BCUT2D eigenvalue weighted by atomic mass is 32.1. The van der Waals surface area contributed by atoms with Crippen LogP contribution in [0.25, 0.3) is 22.8 Å². The molecule has 6 aromatic rings. The summed E-state index contributed by atoms with van der Waals surface area (Å²) in [5.41, 5.74) is 2.82. The molecule has 2 aromatic carbocycles. The van der Waals surface area contributed by atoms with E-state index in [2.05, 4.69) is 40.8 Å². The molecule has 77 heavy (non-hydrogen) atoms. The van der Waals surface area contributed by atoms with E-state index >= 15 is 0 Å². The molecule has 19 nitrogen and oxygen atoms in total. The second-order valence-electron chi connectivity index (χ2n) is 20.8. The molecule has 0 bridgehead atoms. The molecule has 0 radical (unpaired) electrons. The molecule has 0 fully saturated rings. The van der Waals surface area contributed by atoms with Crippen molar-refractivity contribution in [2.75, 3.05) is 13.1 Å². The first-order chi connectivity index (χ1) is 34.2. The minimum absolute atomic E-state index is 0. The number of carbonyl (C=O) groups excluding carboxylic acids is 4. The van der Waals surface area contributed by atoms with Crippen molar-refractivity contribution in [3.8, 4) is 22.8 Å². The van der Waals surface area contributed by atoms with E-state index in [0.717, 1.165) is 42.2 Å². The summed E-state index contributed by atoms with van der Waals surface area (Å²) in [5.74, 6) is 2.68. The standard InChI is InChI=1S/C27H36N6O4.C22H28N6O2.C2HF3O.2CH4.2H2S/c1-17-28-24(37-31-17)21(26(2,3)4)30-23(34)20-19-16-32(25(35)36-27(5,6)7)14-11-15-33(19)22(29-20)18-12-9-8-10-13-18;1-14-24-21(30-27-14)18(22(2,3)4)26-20(29)17-16-13-23-11-8-12-28(16)19(25-17)15-9-6-5-7-10-15;3-2(4,5)1-6;;;;/h8-10,12-13,21H,11,14-16H2,1-7H3,(H,30,34);5-7,9-10,18,23H,8,11-13H2,1-4H3,(H,26,29);1H;2*1H4;2*1H2/t21-;18-;;;;;/m11...../s1. The van der Waals surface area contributed by atoms with Gasteiger partial charge in [-0.1, -0.05) is 127 Å². The molecule has 0 unspecified atom stereocenters. The summed E-state index contributed by atoms with van der Waals surface area (Å²) in [7, 11) is 0. The lowest BCUT2D eigenvalue weighted by atomic mass is 9.86. The Balaban J connectivity index is 0.000000461. The van der Waals surface area contributed by atoms with Crippen molar-refractivity contribution in [3.63, 3.8) is 0 Å². The van der Waals surface area contributed by atoms with Crippen LogP contribution in [0, 0.1) is 24.7 Å². The molecule has 0 aliphatic carbocycles. The Morgan fingerprint density at radius 2 is 1.08 bits per heavy atom. The predicted octanol–water partition coefficient (Wildman–Crippen LogP) is 10.4. The van der Waals surface area contributed by atoms with Crippen molar-refractivity contribution in [1.82, 2.24) is 60.2 Å². The lowest BCUT2D eigenvalue weighted by molar-refractivity contribution is -0.156. The van der Waals surface area contributed by atoms with Crippen molar-refractivity contribution in [2.45, 2.75) is 154 Å². The Bertz CT molecular complexity index is 2850. The van der Waals surface area contributed by atoms with Gasteiger partial charge in [0.15, 0.2) is 23.0 Å². The number of nitrogens with one attached hydrogen (secondary N) is 3. The number of rotatable bonds is 8. The van der Waals surface area contributed by atoms with Gasteiger partial charge in [-0.05, 0) is 64.8 Å². The highest BCUT2D eigenvalue weighted by molar-refractivity contribution is 7.59. The topological polar surface area (TPSA) is 230 Å². The first kappa shape index (κ1) is 66.6. The summed E-state index contributed by atoms with van der Waals surface area (Å²) in [6.45, 7) is 24.7. The Morgan fingerprint density at radius 1 is 0.662 bits per heavy atom. The van der Waals surface area contributed by atoms with Crippen molar-refractivity contribution in [3.05, 3.63) is 107 Å². The summed E-state index contributed by atoms with van der Waals surface area (Å²) in [6, 6.07) is 18.8. The number of fused-ring (bicyclic) bond motifs is 2. The van der Waals surface area contributed by atoms with Crippen LogP contribution in [-0.2, 0) is 35.7 Å². The SMILES string of the molecule is C.C.Cc1noc([C@@H](NC(=O)c2nc(-c3ccccc3)n3c2CN(C(=O)OC(C)(C)C)CCC3)C(C)(C)C)n1.Cc1noc([C@@H](NC(=O)c2nc(-c3ccccc3)n3c2CNCCC3)C(C)(C)C)n1.O=CC(F)(F)F.S.S. The summed E-state index contributed by atoms with van der Waals surface area (Å²) >= 11 is 0. The van der Waals surface area contributed by atoms with E-state index in [0.29, 0.717) is 66.7 Å². The quantitative estimate of drug-likeness (QED) is 0.120. The predicted molar refractivity (Wildman–Crippen MR) is 297 cm³/mol. The maximum Gasteiger partial charge on any atom is 0.446 e. The number of hydrogen-bond acceptors (Lipinski definition) is 14. The van der Waals surface area contributed by atoms with Crippen molar-refractivity contribution >= 4 is 51.2 Å². The number of halogens is 3. The van der Waals surface area contributed by atoms with Crippen molar-refractivity contribution < 1.29 is 46.1 Å². The van der Waals surface area contributed by atoms with E-state index < -0.39 is 41.7 Å². The Labute approximate surface area is 463 Å². The number of aryl methyl sites for hydroxylation is 2. The van der Waals surface area contributed by atoms with Gasteiger partial charge in [-0.3, -0.25) is 14.4 Å². The van der Waals surface area contributed by atoms with Crippen LogP contribution in [0.4, 0.5) is 18.0 Å². The molecule has 0 spiro atoms. The van der Waals surface area contributed by atoms with Crippen LogP contribution in [0.1, 0.15) is 158 Å². The van der Waals surface area contributed by atoms with E-state index in [1.807, 2.05) is 128 Å². The van der Waals surface area contributed by atoms with Crippen LogP contribution in [0.15, 0.2) is 69.7 Å². The smallest absolute Gasteiger partial charge is 0.444 e. The number of imidazole rings is 2. The number of nitrogens with zero attached hydrogens (tertiary/aromatic N) is 9. The molecule has 4 aromatic heterocycles. The molecular weight excluding hydrogens is 1040 g/mol. The van der Waals surface area contributed by atoms with Gasteiger partial charge < -0.3 is 43.8 Å². The largest absolute Gasteiger partial charge is 0.446 e. The fourth-order valence-corrected chi connectivity index (χ4v) is 8.06. The third-order valence-corrected chi connectivity index (χ3v) is 11.5. The molecule has 8 rings (SSSR count). The maximum atomic E-state index is 13.8. The Morgan fingerprint density at radius 3 is 1.47 bits per heavy atom. The first-order valence-corrected chi connectivity index (χ1v) is 24.0. The number of amides is 3. The molecule has 6 heterocycles. The maximum absolute atomic E-state index is 13.8. The zero-order valence-electron chi connectivity index (χ0n) is 44.2. The van der Waals surface area contributed by atoms with Crippen LogP contribution in [0.2, 0.25) is 0 Å². The van der Waals surface area contributed by atoms with Gasteiger partial charge in [0.25, 0.3) is 11.8 Å². The highest BCUT2D eigenvalue weighted by Gasteiger charge is 2.38. The van der Waals surface area contributed by atoms with Crippen molar-refractivity contribution in [1.29, 1.82) is 0 Å². The molecule has 0 saturated carbocycles. The number of carbonyl (C=O) groups is 4. The summed E-state index contributed by atoms with van der Waals surface area (Å²) in [4.78, 5) is 68.8. The summed E-state index contributed by atoms with van der Waals surface area (Å²) in [5, 5.41) is 17.4. The second-order valence-corrected chi connectivity index (χ2v) is 20.8. The number of aldehydes is 1. The molecule has 3 amide bonds. The number of hydrogen-bond donors (Lipinski definition) is 3. The van der Waals surface area contributed by atoms with Gasteiger partial charge in [-0.25, -0.2) is 14.8 Å². The summed E-state index contributed by atoms with van der Waals surface area (Å²) in [6.07, 6.45) is -4.43. The molecular formula is C53H77F3N12O7S2. The van der Waals surface area contributed by atoms with Gasteiger partial charge in [0, 0.05) is 37.3 Å². The zero-order valence-corrected chi connectivity index (χ0v) is 46.2. The molecule has 2 aliphatic rings. The van der Waals surface area contributed by atoms with E-state index in [-0.39, 0.29) is 71.3 Å². The highest BCUT2D eigenvalue weighted by Crippen LogP contribution is 2.35. The second kappa shape index (κ2) is 27.7. The summed E-state index contributed by atoms with van der Waals surface area (Å²) < 4.78 is 51.9. The van der Waals surface area contributed by atoms with E-state index in [4.69, 9.17) is 28.5 Å². The zero-order chi connectivity index (χ0) is 53.5. The third kappa shape index (κ3) is 17.8. The monoisotopic (exact) mass is 1110 g/mol. The Hall–Kier alpha value is -6.53. The molecule has 2 aliphatic heterocycles. The average Bonchev–Trinajstić information content (AvgIpc) is 4.04. The van der Waals surface area contributed by atoms with Crippen LogP contribution in [0.3, 0.4) is 0 Å². The first-order valence-electron chi connectivity index (χ1n) is 24.0. The minimum Gasteiger partial charge on any atom is -0.444 e. The molecule has 3 N–H and O–H groups in total.